The number of carbonyl (C=O) groups excluding carboxylic acids is 1. The van der Waals surface area contributed by atoms with Gasteiger partial charge in [-0.3, -0.25) is 4.79 Å². The Kier molecular flexibility index (Phi) is 6.00. The Labute approximate surface area is 150 Å². The minimum Gasteiger partial charge on any atom is -0.493 e. The summed E-state index contributed by atoms with van der Waals surface area (Å²) in [5.41, 5.74) is 1.04. The molecule has 136 valence electrons. The molecule has 2 atom stereocenters. The third kappa shape index (κ3) is 4.56. The summed E-state index contributed by atoms with van der Waals surface area (Å²) in [4.78, 5) is 12.4. The molecule has 25 heavy (non-hydrogen) atoms. The second kappa shape index (κ2) is 8.41. The van der Waals surface area contributed by atoms with Gasteiger partial charge in [0, 0.05) is 5.92 Å². The van der Waals surface area contributed by atoms with E-state index in [4.69, 9.17) is 9.47 Å². The van der Waals surface area contributed by atoms with Gasteiger partial charge in [0.05, 0.1) is 19.3 Å². The maximum Gasteiger partial charge on any atom is 0.223 e. The first-order valence-corrected chi connectivity index (χ1v) is 9.47. The molecule has 0 aliphatic heterocycles. The van der Waals surface area contributed by atoms with E-state index in [-0.39, 0.29) is 17.9 Å². The molecule has 1 N–H and O–H groups in total. The molecule has 0 spiro atoms. The van der Waals surface area contributed by atoms with Crippen LogP contribution in [0.4, 0.5) is 0 Å². The van der Waals surface area contributed by atoms with Crippen LogP contribution in [0, 0.1) is 5.92 Å². The Balaban J connectivity index is 1.64. The van der Waals surface area contributed by atoms with Crippen molar-refractivity contribution in [1.29, 1.82) is 0 Å². The lowest BCUT2D eigenvalue weighted by Gasteiger charge is -2.22. The molecular formula is C21H29NO3. The molecule has 2 aliphatic rings. The first kappa shape index (κ1) is 17.8. The van der Waals surface area contributed by atoms with Crippen molar-refractivity contribution in [2.45, 2.75) is 64.0 Å². The van der Waals surface area contributed by atoms with Gasteiger partial charge in [0.1, 0.15) is 0 Å². The van der Waals surface area contributed by atoms with Crippen molar-refractivity contribution in [2.24, 2.45) is 5.92 Å². The fourth-order valence-electron chi connectivity index (χ4n) is 3.68. The Bertz CT molecular complexity index is 620. The fourth-order valence-corrected chi connectivity index (χ4v) is 3.68. The minimum absolute atomic E-state index is 0.0483. The maximum atomic E-state index is 12.4. The van der Waals surface area contributed by atoms with Crippen LogP contribution in [0.3, 0.4) is 0 Å². The molecule has 3 rings (SSSR count). The molecule has 2 aliphatic carbocycles. The predicted octanol–water partition coefficient (Wildman–Crippen LogP) is 4.55. The van der Waals surface area contributed by atoms with E-state index in [2.05, 4.69) is 17.5 Å². The Hall–Kier alpha value is -1.97. The average Bonchev–Trinajstić information content (AvgIpc) is 3.15. The van der Waals surface area contributed by atoms with Crippen molar-refractivity contribution in [3.05, 3.63) is 35.9 Å². The van der Waals surface area contributed by atoms with Crippen molar-refractivity contribution in [3.63, 3.8) is 0 Å². The van der Waals surface area contributed by atoms with E-state index in [0.29, 0.717) is 6.10 Å². The summed E-state index contributed by atoms with van der Waals surface area (Å²) in [7, 11) is 1.66. The summed E-state index contributed by atoms with van der Waals surface area (Å²) in [5, 5.41) is 3.14. The number of methoxy groups -OCH3 is 1. The molecule has 4 heteroatoms. The molecule has 1 fully saturated rings. The lowest BCUT2D eigenvalue weighted by atomic mass is 9.93. The number of nitrogens with one attached hydrogen (secondary N) is 1. The highest BCUT2D eigenvalue weighted by Gasteiger charge is 2.22. The average molecular weight is 343 g/mol. The van der Waals surface area contributed by atoms with Crippen LogP contribution in [0.2, 0.25) is 0 Å². The molecule has 0 saturated heterocycles. The van der Waals surface area contributed by atoms with Gasteiger partial charge in [-0.05, 0) is 69.6 Å². The standard InChI is InChI=1S/C21H29NO3/c1-15(22-21(23)16-8-4-3-5-9-16)17-12-13-19(20(14-17)24-2)25-18-10-6-7-11-18/h3-4,12-16,18H,5-11H2,1-2H3,(H,22,23)/t15-,16+/m1/s1. The van der Waals surface area contributed by atoms with E-state index >= 15 is 0 Å². The molecule has 0 bridgehead atoms. The zero-order valence-electron chi connectivity index (χ0n) is 15.3. The number of carbonyl (C=O) groups is 1. The van der Waals surface area contributed by atoms with E-state index in [9.17, 15) is 4.79 Å². The number of amides is 1. The van der Waals surface area contributed by atoms with Crippen LogP contribution < -0.4 is 14.8 Å². The molecule has 0 radical (unpaired) electrons. The summed E-state index contributed by atoms with van der Waals surface area (Å²) in [6, 6.07) is 5.93. The van der Waals surface area contributed by atoms with Crippen molar-refractivity contribution in [1.82, 2.24) is 5.32 Å². The van der Waals surface area contributed by atoms with Crippen LogP contribution in [0.15, 0.2) is 30.4 Å². The van der Waals surface area contributed by atoms with Gasteiger partial charge >= 0.3 is 0 Å². The molecule has 1 aromatic carbocycles. The van der Waals surface area contributed by atoms with Crippen LogP contribution in [-0.2, 0) is 4.79 Å². The lowest BCUT2D eigenvalue weighted by molar-refractivity contribution is -0.125. The number of hydrogen-bond acceptors (Lipinski definition) is 3. The molecule has 1 aromatic rings. The smallest absolute Gasteiger partial charge is 0.223 e. The van der Waals surface area contributed by atoms with Gasteiger partial charge in [0.2, 0.25) is 5.91 Å². The second-order valence-electron chi connectivity index (χ2n) is 7.15. The third-order valence-electron chi connectivity index (χ3n) is 5.28. The van der Waals surface area contributed by atoms with Gasteiger partial charge in [-0.25, -0.2) is 0 Å². The molecule has 0 unspecified atom stereocenters. The Morgan fingerprint density at radius 3 is 2.64 bits per heavy atom. The topological polar surface area (TPSA) is 47.6 Å². The largest absolute Gasteiger partial charge is 0.493 e. The van der Waals surface area contributed by atoms with Gasteiger partial charge < -0.3 is 14.8 Å². The highest BCUT2D eigenvalue weighted by molar-refractivity contribution is 5.79. The van der Waals surface area contributed by atoms with Crippen molar-refractivity contribution < 1.29 is 14.3 Å². The van der Waals surface area contributed by atoms with E-state index in [0.717, 1.165) is 49.2 Å². The quantitative estimate of drug-likeness (QED) is 0.771. The number of allylic oxidation sites excluding steroid dienone is 2. The summed E-state index contributed by atoms with van der Waals surface area (Å²) in [5.74, 6) is 1.78. The van der Waals surface area contributed by atoms with Crippen molar-refractivity contribution in [3.8, 4) is 11.5 Å². The summed E-state index contributed by atoms with van der Waals surface area (Å²) >= 11 is 0. The summed E-state index contributed by atoms with van der Waals surface area (Å²) in [6.45, 7) is 2.02. The van der Waals surface area contributed by atoms with E-state index in [1.54, 1.807) is 7.11 Å². The van der Waals surface area contributed by atoms with E-state index < -0.39 is 0 Å². The van der Waals surface area contributed by atoms with Gasteiger partial charge in [0.25, 0.3) is 0 Å². The monoisotopic (exact) mass is 343 g/mol. The summed E-state index contributed by atoms with van der Waals surface area (Å²) in [6.07, 6.45) is 12.1. The minimum atomic E-state index is -0.0483. The first-order chi connectivity index (χ1) is 12.2. The maximum absolute atomic E-state index is 12.4. The van der Waals surface area contributed by atoms with Crippen molar-refractivity contribution in [2.75, 3.05) is 7.11 Å². The number of rotatable bonds is 6. The van der Waals surface area contributed by atoms with Gasteiger partial charge in [-0.1, -0.05) is 18.2 Å². The number of ether oxygens (including phenoxy) is 2. The normalized spacial score (nSPS) is 21.8. The highest BCUT2D eigenvalue weighted by Crippen LogP contribution is 2.34. The van der Waals surface area contributed by atoms with E-state index in [1.165, 1.54) is 12.8 Å². The predicted molar refractivity (Wildman–Crippen MR) is 98.9 cm³/mol. The van der Waals surface area contributed by atoms with Crippen molar-refractivity contribution >= 4 is 5.91 Å². The third-order valence-corrected chi connectivity index (χ3v) is 5.28. The molecule has 4 nitrogen and oxygen atoms in total. The SMILES string of the molecule is COc1cc([C@@H](C)NC(=O)[C@H]2CC=CCC2)ccc1OC1CCCC1. The van der Waals surface area contributed by atoms with Gasteiger partial charge in [-0.15, -0.1) is 0 Å². The molecule has 0 aromatic heterocycles. The molecular weight excluding hydrogens is 314 g/mol. The highest BCUT2D eigenvalue weighted by atomic mass is 16.5. The molecule has 1 saturated carbocycles. The Morgan fingerprint density at radius 1 is 1.16 bits per heavy atom. The van der Waals surface area contributed by atoms with Crippen LogP contribution in [0.1, 0.15) is 63.5 Å². The van der Waals surface area contributed by atoms with Crippen LogP contribution in [-0.4, -0.2) is 19.1 Å². The molecule has 1 amide bonds. The van der Waals surface area contributed by atoms with Crippen LogP contribution in [0.5, 0.6) is 11.5 Å². The van der Waals surface area contributed by atoms with Gasteiger partial charge in [0.15, 0.2) is 11.5 Å². The lowest BCUT2D eigenvalue weighted by Crippen LogP contribution is -2.33. The van der Waals surface area contributed by atoms with E-state index in [1.807, 2.05) is 25.1 Å². The fraction of sp³-hybridized carbons (Fsp3) is 0.571. The van der Waals surface area contributed by atoms with Crippen LogP contribution >= 0.6 is 0 Å². The van der Waals surface area contributed by atoms with Crippen LogP contribution in [0.25, 0.3) is 0 Å². The second-order valence-corrected chi connectivity index (χ2v) is 7.15. The van der Waals surface area contributed by atoms with Gasteiger partial charge in [-0.2, -0.15) is 0 Å². The number of hydrogen-bond donors (Lipinski definition) is 1. The Morgan fingerprint density at radius 2 is 1.96 bits per heavy atom. The zero-order valence-corrected chi connectivity index (χ0v) is 15.3. The first-order valence-electron chi connectivity index (χ1n) is 9.47. The number of benzene rings is 1. The molecule has 0 heterocycles. The zero-order chi connectivity index (χ0) is 17.6. The summed E-state index contributed by atoms with van der Waals surface area (Å²) < 4.78 is 11.6.